The second kappa shape index (κ2) is 5.91. The van der Waals surface area contributed by atoms with Gasteiger partial charge < -0.3 is 10.5 Å². The number of aryl methyl sites for hydroxylation is 2. The van der Waals surface area contributed by atoms with Crippen LogP contribution in [0.3, 0.4) is 0 Å². The molecule has 2 nitrogen and oxygen atoms in total. The van der Waals surface area contributed by atoms with Gasteiger partial charge >= 0.3 is 0 Å². The molecule has 0 saturated heterocycles. The molecule has 0 heterocycles. The van der Waals surface area contributed by atoms with Crippen LogP contribution in [0.5, 0.6) is 5.75 Å². The van der Waals surface area contributed by atoms with Gasteiger partial charge in [0.15, 0.2) is 0 Å². The van der Waals surface area contributed by atoms with E-state index in [1.165, 1.54) is 0 Å². The van der Waals surface area contributed by atoms with Gasteiger partial charge in [-0.3, -0.25) is 0 Å². The topological polar surface area (TPSA) is 35.2 Å². The van der Waals surface area contributed by atoms with Crippen molar-refractivity contribution in [1.82, 2.24) is 0 Å². The van der Waals surface area contributed by atoms with E-state index in [-0.39, 0.29) is 0 Å². The lowest BCUT2D eigenvalue weighted by molar-refractivity contribution is 0.341. The molecule has 1 aromatic carbocycles. The van der Waals surface area contributed by atoms with E-state index < -0.39 is 0 Å². The highest BCUT2D eigenvalue weighted by Crippen LogP contribution is 2.24. The van der Waals surface area contributed by atoms with Crippen LogP contribution in [0, 0.1) is 13.8 Å². The Balaban J connectivity index is 2.57. The van der Waals surface area contributed by atoms with E-state index in [0.29, 0.717) is 0 Å². The summed E-state index contributed by atoms with van der Waals surface area (Å²) in [5, 5.41) is 0. The molecule has 0 aliphatic heterocycles. The van der Waals surface area contributed by atoms with E-state index >= 15 is 0 Å². The Morgan fingerprint density at radius 2 is 2.00 bits per heavy atom. The third-order valence-electron chi connectivity index (χ3n) is 2.25. The second-order valence-corrected chi connectivity index (χ2v) is 4.91. The molecule has 0 bridgehead atoms. The highest BCUT2D eigenvalue weighted by molar-refractivity contribution is 7.99. The molecule has 0 atom stereocenters. The van der Waals surface area contributed by atoms with Crippen molar-refractivity contribution < 1.29 is 4.74 Å². The molecule has 2 N–H and O–H groups in total. The minimum atomic E-state index is 0.767. The number of benzene rings is 1. The Kier molecular flexibility index (Phi) is 4.82. The van der Waals surface area contributed by atoms with Crippen molar-refractivity contribution in [2.45, 2.75) is 20.8 Å². The van der Waals surface area contributed by atoms with Crippen LogP contribution in [0.2, 0.25) is 0 Å². The van der Waals surface area contributed by atoms with Gasteiger partial charge in [-0.25, -0.2) is 0 Å². The van der Waals surface area contributed by atoms with Gasteiger partial charge in [0.2, 0.25) is 0 Å². The summed E-state index contributed by atoms with van der Waals surface area (Å²) in [6.07, 6.45) is 0. The molecule has 0 aromatic heterocycles. The predicted molar refractivity (Wildman–Crippen MR) is 68.8 cm³/mol. The first-order valence-corrected chi connectivity index (χ1v) is 6.38. The van der Waals surface area contributed by atoms with Gasteiger partial charge in [0, 0.05) is 11.4 Å². The van der Waals surface area contributed by atoms with Gasteiger partial charge in [0.25, 0.3) is 0 Å². The van der Waals surface area contributed by atoms with Gasteiger partial charge in [0.1, 0.15) is 5.75 Å². The van der Waals surface area contributed by atoms with Crippen molar-refractivity contribution in [3.8, 4) is 5.75 Å². The standard InChI is InChI=1S/C12H19NOS/c1-4-15-6-5-14-12-8-9(2)11(13)7-10(12)3/h7-8H,4-6,13H2,1-3H3. The first-order chi connectivity index (χ1) is 7.15. The van der Waals surface area contributed by atoms with Gasteiger partial charge in [-0.15, -0.1) is 0 Å². The normalized spacial score (nSPS) is 10.3. The summed E-state index contributed by atoms with van der Waals surface area (Å²) in [5.41, 5.74) is 8.84. The summed E-state index contributed by atoms with van der Waals surface area (Å²) < 4.78 is 5.70. The monoisotopic (exact) mass is 225 g/mol. The number of hydrogen-bond donors (Lipinski definition) is 1. The Morgan fingerprint density at radius 1 is 1.27 bits per heavy atom. The van der Waals surface area contributed by atoms with Gasteiger partial charge in [-0.1, -0.05) is 6.92 Å². The van der Waals surface area contributed by atoms with E-state index in [9.17, 15) is 0 Å². The Hall–Kier alpha value is -0.830. The van der Waals surface area contributed by atoms with Gasteiger partial charge in [0.05, 0.1) is 6.61 Å². The zero-order valence-corrected chi connectivity index (χ0v) is 10.5. The molecule has 0 unspecified atom stereocenters. The zero-order chi connectivity index (χ0) is 11.3. The van der Waals surface area contributed by atoms with Crippen molar-refractivity contribution in [3.63, 3.8) is 0 Å². The highest BCUT2D eigenvalue weighted by Gasteiger charge is 2.02. The molecular weight excluding hydrogens is 206 g/mol. The minimum absolute atomic E-state index is 0.767. The fourth-order valence-electron chi connectivity index (χ4n) is 1.32. The van der Waals surface area contributed by atoms with E-state index in [2.05, 4.69) is 6.92 Å². The number of rotatable bonds is 5. The number of anilines is 1. The second-order valence-electron chi connectivity index (χ2n) is 3.52. The maximum absolute atomic E-state index is 5.81. The van der Waals surface area contributed by atoms with E-state index in [1.54, 1.807) is 0 Å². The molecule has 1 rings (SSSR count). The van der Waals surface area contributed by atoms with Gasteiger partial charge in [-0.2, -0.15) is 11.8 Å². The van der Waals surface area contributed by atoms with Gasteiger partial charge in [-0.05, 0) is 42.9 Å². The lowest BCUT2D eigenvalue weighted by Gasteiger charge is -2.11. The molecule has 1 aromatic rings. The van der Waals surface area contributed by atoms with E-state index in [4.69, 9.17) is 10.5 Å². The number of ether oxygens (including phenoxy) is 1. The van der Waals surface area contributed by atoms with Crippen molar-refractivity contribution in [2.24, 2.45) is 0 Å². The van der Waals surface area contributed by atoms with E-state index in [1.807, 2.05) is 37.7 Å². The Labute approximate surface area is 96.2 Å². The zero-order valence-electron chi connectivity index (χ0n) is 9.67. The summed E-state index contributed by atoms with van der Waals surface area (Å²) in [6, 6.07) is 3.99. The van der Waals surface area contributed by atoms with Crippen LogP contribution < -0.4 is 10.5 Å². The van der Waals surface area contributed by atoms with Crippen LogP contribution in [-0.4, -0.2) is 18.1 Å². The van der Waals surface area contributed by atoms with Crippen molar-refractivity contribution in [3.05, 3.63) is 23.3 Å². The molecule has 3 heteroatoms. The number of hydrogen-bond acceptors (Lipinski definition) is 3. The fourth-order valence-corrected chi connectivity index (χ4v) is 1.81. The first-order valence-electron chi connectivity index (χ1n) is 5.22. The molecular formula is C12H19NOS. The Bertz CT molecular complexity index is 326. The maximum Gasteiger partial charge on any atom is 0.122 e. The average molecular weight is 225 g/mol. The van der Waals surface area contributed by atoms with Crippen molar-refractivity contribution >= 4 is 17.4 Å². The van der Waals surface area contributed by atoms with Crippen LogP contribution >= 0.6 is 11.8 Å². The molecule has 15 heavy (non-hydrogen) atoms. The fraction of sp³-hybridized carbons (Fsp3) is 0.500. The summed E-state index contributed by atoms with van der Waals surface area (Å²) in [6.45, 7) is 6.95. The number of thioether (sulfide) groups is 1. The van der Waals surface area contributed by atoms with E-state index in [0.717, 1.165) is 40.7 Å². The molecule has 0 amide bonds. The molecule has 0 aliphatic carbocycles. The minimum Gasteiger partial charge on any atom is -0.492 e. The first kappa shape index (κ1) is 12.2. The maximum atomic E-state index is 5.81. The lowest BCUT2D eigenvalue weighted by Crippen LogP contribution is -2.03. The number of nitrogens with two attached hydrogens (primary N) is 1. The van der Waals surface area contributed by atoms with Crippen LogP contribution in [0.25, 0.3) is 0 Å². The molecule has 0 saturated carbocycles. The summed E-state index contributed by atoms with van der Waals surface area (Å²) in [7, 11) is 0. The third kappa shape index (κ3) is 3.67. The summed E-state index contributed by atoms with van der Waals surface area (Å²) in [5.74, 6) is 3.14. The van der Waals surface area contributed by atoms with Crippen LogP contribution in [-0.2, 0) is 0 Å². The quantitative estimate of drug-likeness (QED) is 0.618. The largest absolute Gasteiger partial charge is 0.492 e. The number of nitrogen functional groups attached to an aromatic ring is 1. The molecule has 0 aliphatic rings. The SMILES string of the molecule is CCSCCOc1cc(C)c(N)cc1C. The van der Waals surface area contributed by atoms with Crippen LogP contribution in [0.4, 0.5) is 5.69 Å². The molecule has 84 valence electrons. The van der Waals surface area contributed by atoms with Crippen molar-refractivity contribution in [1.29, 1.82) is 0 Å². The third-order valence-corrected chi connectivity index (χ3v) is 3.12. The summed E-state index contributed by atoms with van der Waals surface area (Å²) in [4.78, 5) is 0. The smallest absolute Gasteiger partial charge is 0.122 e. The Morgan fingerprint density at radius 3 is 2.67 bits per heavy atom. The predicted octanol–water partition coefficient (Wildman–Crippen LogP) is 3.02. The lowest BCUT2D eigenvalue weighted by atomic mass is 10.1. The molecule has 0 spiro atoms. The highest BCUT2D eigenvalue weighted by atomic mass is 32.2. The van der Waals surface area contributed by atoms with Crippen LogP contribution in [0.15, 0.2) is 12.1 Å². The van der Waals surface area contributed by atoms with Crippen molar-refractivity contribution in [2.75, 3.05) is 23.8 Å². The summed E-state index contributed by atoms with van der Waals surface area (Å²) >= 11 is 1.89. The average Bonchev–Trinajstić information content (AvgIpc) is 2.20. The molecule has 0 radical (unpaired) electrons. The molecule has 0 fully saturated rings. The van der Waals surface area contributed by atoms with Crippen LogP contribution in [0.1, 0.15) is 18.1 Å².